The fourth-order valence-corrected chi connectivity index (χ4v) is 2.02. The Morgan fingerprint density at radius 2 is 2.05 bits per heavy atom. The Morgan fingerprint density at radius 3 is 2.68 bits per heavy atom. The fraction of sp³-hybridized carbons (Fsp3) is 0.0714. The van der Waals surface area contributed by atoms with Gasteiger partial charge in [0.05, 0.1) is 11.3 Å². The Bertz CT molecular complexity index is 623. The zero-order valence-electron chi connectivity index (χ0n) is 10.1. The normalized spacial score (nSPS) is 10.3. The standard InChI is InChI=1S/C14H11BrFNO2/c1-8-3-2-4-11(16)13(8)17-14(19)10-6-5-9(15)7-12(10)18/h2-7,18H,1H3,(H,17,19). The minimum absolute atomic E-state index is 0.0888. The molecule has 98 valence electrons. The summed E-state index contributed by atoms with van der Waals surface area (Å²) < 4.78 is 14.3. The lowest BCUT2D eigenvalue weighted by molar-refractivity contribution is 0.102. The molecular formula is C14H11BrFNO2. The molecule has 3 nitrogen and oxygen atoms in total. The Kier molecular flexibility index (Phi) is 3.85. The van der Waals surface area contributed by atoms with E-state index in [2.05, 4.69) is 21.2 Å². The van der Waals surface area contributed by atoms with Crippen LogP contribution in [0.25, 0.3) is 0 Å². The highest BCUT2D eigenvalue weighted by Crippen LogP contribution is 2.25. The summed E-state index contributed by atoms with van der Waals surface area (Å²) in [5.74, 6) is -1.23. The van der Waals surface area contributed by atoms with Gasteiger partial charge in [-0.3, -0.25) is 4.79 Å². The van der Waals surface area contributed by atoms with Crippen molar-refractivity contribution in [3.05, 3.63) is 57.8 Å². The molecule has 0 unspecified atom stereocenters. The fourth-order valence-electron chi connectivity index (χ4n) is 1.67. The van der Waals surface area contributed by atoms with Crippen LogP contribution in [0.15, 0.2) is 40.9 Å². The quantitative estimate of drug-likeness (QED) is 0.881. The largest absolute Gasteiger partial charge is 0.507 e. The highest BCUT2D eigenvalue weighted by atomic mass is 79.9. The molecular weight excluding hydrogens is 313 g/mol. The number of rotatable bonds is 2. The maximum Gasteiger partial charge on any atom is 0.259 e. The van der Waals surface area contributed by atoms with Gasteiger partial charge in [-0.05, 0) is 36.8 Å². The van der Waals surface area contributed by atoms with E-state index in [1.165, 1.54) is 18.2 Å². The van der Waals surface area contributed by atoms with E-state index in [1.54, 1.807) is 25.1 Å². The number of nitrogens with one attached hydrogen (secondary N) is 1. The summed E-state index contributed by atoms with van der Waals surface area (Å²) in [5, 5.41) is 12.2. The van der Waals surface area contributed by atoms with Crippen molar-refractivity contribution in [2.45, 2.75) is 6.92 Å². The van der Waals surface area contributed by atoms with Crippen molar-refractivity contribution < 1.29 is 14.3 Å². The molecule has 0 heterocycles. The van der Waals surface area contributed by atoms with Crippen LogP contribution in [0.2, 0.25) is 0 Å². The van der Waals surface area contributed by atoms with Crippen molar-refractivity contribution in [2.75, 3.05) is 5.32 Å². The van der Waals surface area contributed by atoms with Gasteiger partial charge < -0.3 is 10.4 Å². The first kappa shape index (κ1) is 13.5. The Balaban J connectivity index is 2.31. The van der Waals surface area contributed by atoms with Gasteiger partial charge in [-0.15, -0.1) is 0 Å². The molecule has 0 aliphatic carbocycles. The van der Waals surface area contributed by atoms with Gasteiger partial charge in [0.2, 0.25) is 0 Å². The topological polar surface area (TPSA) is 49.3 Å². The molecule has 0 aliphatic rings. The molecule has 2 aromatic carbocycles. The number of benzene rings is 2. The number of anilines is 1. The number of halogens is 2. The van der Waals surface area contributed by atoms with E-state index in [1.807, 2.05) is 0 Å². The van der Waals surface area contributed by atoms with Crippen LogP contribution in [-0.2, 0) is 0 Å². The average molecular weight is 324 g/mol. The maximum atomic E-state index is 13.6. The molecule has 1 amide bonds. The Hall–Kier alpha value is -1.88. The van der Waals surface area contributed by atoms with E-state index in [0.717, 1.165) is 0 Å². The van der Waals surface area contributed by atoms with Gasteiger partial charge in [-0.2, -0.15) is 0 Å². The van der Waals surface area contributed by atoms with Crippen LogP contribution in [0.3, 0.4) is 0 Å². The number of hydrogen-bond donors (Lipinski definition) is 2. The minimum atomic E-state index is -0.557. The summed E-state index contributed by atoms with van der Waals surface area (Å²) in [6.45, 7) is 1.69. The van der Waals surface area contributed by atoms with E-state index < -0.39 is 11.7 Å². The molecule has 0 saturated heterocycles. The van der Waals surface area contributed by atoms with Gasteiger partial charge in [-0.1, -0.05) is 28.1 Å². The third-order valence-electron chi connectivity index (χ3n) is 2.66. The first-order valence-corrected chi connectivity index (χ1v) is 6.33. The monoisotopic (exact) mass is 323 g/mol. The number of para-hydroxylation sites is 1. The zero-order chi connectivity index (χ0) is 14.0. The van der Waals surface area contributed by atoms with Gasteiger partial charge in [0.1, 0.15) is 11.6 Å². The average Bonchev–Trinajstić information content (AvgIpc) is 2.33. The van der Waals surface area contributed by atoms with Crippen molar-refractivity contribution in [3.8, 4) is 5.75 Å². The predicted molar refractivity (Wildman–Crippen MR) is 74.9 cm³/mol. The van der Waals surface area contributed by atoms with Crippen LogP contribution in [-0.4, -0.2) is 11.0 Å². The minimum Gasteiger partial charge on any atom is -0.507 e. The zero-order valence-corrected chi connectivity index (χ0v) is 11.7. The molecule has 0 saturated carbocycles. The van der Waals surface area contributed by atoms with Crippen molar-refractivity contribution in [1.29, 1.82) is 0 Å². The van der Waals surface area contributed by atoms with Crippen LogP contribution in [0.1, 0.15) is 15.9 Å². The van der Waals surface area contributed by atoms with Crippen LogP contribution in [0.4, 0.5) is 10.1 Å². The lowest BCUT2D eigenvalue weighted by Gasteiger charge is -2.10. The first-order chi connectivity index (χ1) is 8.99. The Morgan fingerprint density at radius 1 is 1.32 bits per heavy atom. The van der Waals surface area contributed by atoms with Crippen molar-refractivity contribution >= 4 is 27.5 Å². The summed E-state index contributed by atoms with van der Waals surface area (Å²) in [6, 6.07) is 9.03. The number of hydrogen-bond acceptors (Lipinski definition) is 2. The van der Waals surface area contributed by atoms with Gasteiger partial charge in [0, 0.05) is 4.47 Å². The molecule has 0 bridgehead atoms. The van der Waals surface area contributed by atoms with Crippen molar-refractivity contribution in [1.82, 2.24) is 0 Å². The summed E-state index contributed by atoms with van der Waals surface area (Å²) >= 11 is 3.18. The maximum absolute atomic E-state index is 13.6. The lowest BCUT2D eigenvalue weighted by atomic mass is 10.1. The highest BCUT2D eigenvalue weighted by Gasteiger charge is 2.14. The van der Waals surface area contributed by atoms with Gasteiger partial charge >= 0.3 is 0 Å². The first-order valence-electron chi connectivity index (χ1n) is 5.54. The molecule has 2 N–H and O–H groups in total. The van der Waals surface area contributed by atoms with E-state index in [9.17, 15) is 14.3 Å². The number of carbonyl (C=O) groups excluding carboxylic acids is 1. The molecule has 0 aliphatic heterocycles. The smallest absolute Gasteiger partial charge is 0.259 e. The number of carbonyl (C=O) groups is 1. The number of phenols is 1. The summed E-state index contributed by atoms with van der Waals surface area (Å²) in [4.78, 5) is 12.0. The van der Waals surface area contributed by atoms with E-state index in [-0.39, 0.29) is 17.0 Å². The molecule has 0 radical (unpaired) electrons. The third-order valence-corrected chi connectivity index (χ3v) is 3.16. The van der Waals surface area contributed by atoms with Gasteiger partial charge in [0.25, 0.3) is 5.91 Å². The van der Waals surface area contributed by atoms with Crippen LogP contribution < -0.4 is 5.32 Å². The molecule has 0 fully saturated rings. The van der Waals surface area contributed by atoms with Gasteiger partial charge in [0.15, 0.2) is 0 Å². The van der Waals surface area contributed by atoms with E-state index in [4.69, 9.17) is 0 Å². The molecule has 19 heavy (non-hydrogen) atoms. The van der Waals surface area contributed by atoms with Gasteiger partial charge in [-0.25, -0.2) is 4.39 Å². The second-order valence-corrected chi connectivity index (χ2v) is 4.96. The molecule has 0 spiro atoms. The third kappa shape index (κ3) is 2.93. The number of phenolic OH excluding ortho intramolecular Hbond substituents is 1. The van der Waals surface area contributed by atoms with Crippen molar-refractivity contribution in [3.63, 3.8) is 0 Å². The molecule has 2 aromatic rings. The second-order valence-electron chi connectivity index (χ2n) is 4.05. The summed E-state index contributed by atoms with van der Waals surface area (Å²) in [6.07, 6.45) is 0. The van der Waals surface area contributed by atoms with Crippen molar-refractivity contribution in [2.24, 2.45) is 0 Å². The SMILES string of the molecule is Cc1cccc(F)c1NC(=O)c1ccc(Br)cc1O. The Labute approximate surface area is 118 Å². The molecule has 2 rings (SSSR count). The highest BCUT2D eigenvalue weighted by molar-refractivity contribution is 9.10. The second kappa shape index (κ2) is 5.40. The summed E-state index contributed by atoms with van der Waals surface area (Å²) in [7, 11) is 0. The van der Waals surface area contributed by atoms with Crippen LogP contribution in [0.5, 0.6) is 5.75 Å². The molecule has 0 atom stereocenters. The van der Waals surface area contributed by atoms with E-state index in [0.29, 0.717) is 10.0 Å². The predicted octanol–water partition coefficient (Wildman–Crippen LogP) is 3.85. The molecule has 5 heteroatoms. The van der Waals surface area contributed by atoms with E-state index >= 15 is 0 Å². The number of aromatic hydroxyl groups is 1. The lowest BCUT2D eigenvalue weighted by Crippen LogP contribution is -2.14. The van der Waals surface area contributed by atoms with Crippen LogP contribution >= 0.6 is 15.9 Å². The number of amides is 1. The summed E-state index contributed by atoms with van der Waals surface area (Å²) in [5.41, 5.74) is 0.825. The number of aryl methyl sites for hydroxylation is 1. The van der Waals surface area contributed by atoms with Crippen LogP contribution in [0, 0.1) is 12.7 Å². The molecule has 0 aromatic heterocycles.